The zero-order valence-electron chi connectivity index (χ0n) is 19.4. The van der Waals surface area contributed by atoms with Crippen molar-refractivity contribution >= 4 is 28.5 Å². The molecule has 1 aliphatic heterocycles. The number of ether oxygens (including phenoxy) is 2. The summed E-state index contributed by atoms with van der Waals surface area (Å²) in [6.45, 7) is 2.13. The summed E-state index contributed by atoms with van der Waals surface area (Å²) in [7, 11) is 0. The number of nitrogens with zero attached hydrogens (tertiary/aromatic N) is 1. The van der Waals surface area contributed by atoms with Crippen LogP contribution < -0.4 is 10.1 Å². The van der Waals surface area contributed by atoms with Gasteiger partial charge in [-0.15, -0.1) is 0 Å². The van der Waals surface area contributed by atoms with Crippen molar-refractivity contribution in [2.24, 2.45) is 0 Å². The van der Waals surface area contributed by atoms with Crippen LogP contribution in [0.4, 0.5) is 5.69 Å². The first-order valence-corrected chi connectivity index (χ1v) is 11.7. The number of H-pyrrole nitrogens is 2. The second kappa shape index (κ2) is 9.89. The fourth-order valence-electron chi connectivity index (χ4n) is 4.27. The number of aromatic amines is 2. The molecule has 0 spiro atoms. The van der Waals surface area contributed by atoms with Crippen LogP contribution in [-0.4, -0.2) is 33.3 Å². The van der Waals surface area contributed by atoms with Gasteiger partial charge < -0.3 is 24.8 Å². The van der Waals surface area contributed by atoms with Gasteiger partial charge in [0, 0.05) is 30.3 Å². The first kappa shape index (κ1) is 22.5. The predicted molar refractivity (Wildman–Crippen MR) is 133 cm³/mol. The highest BCUT2D eigenvalue weighted by molar-refractivity contribution is 6.01. The van der Waals surface area contributed by atoms with E-state index in [0.29, 0.717) is 31.2 Å². The molecule has 0 fully saturated rings. The molecule has 4 aromatic rings. The third-order valence-electron chi connectivity index (χ3n) is 5.94. The molecule has 35 heavy (non-hydrogen) atoms. The number of para-hydroxylation sites is 3. The Bertz CT molecular complexity index is 1370. The molecule has 0 saturated heterocycles. The van der Waals surface area contributed by atoms with Crippen molar-refractivity contribution in [2.75, 3.05) is 11.9 Å². The molecule has 178 valence electrons. The molecule has 0 bridgehead atoms. The third kappa shape index (κ3) is 4.82. The molecule has 0 atom stereocenters. The van der Waals surface area contributed by atoms with Crippen LogP contribution in [0.3, 0.4) is 0 Å². The second-order valence-electron chi connectivity index (χ2n) is 8.29. The van der Waals surface area contributed by atoms with E-state index >= 15 is 0 Å². The molecule has 3 N–H and O–H groups in total. The quantitative estimate of drug-likeness (QED) is 0.339. The van der Waals surface area contributed by atoms with E-state index in [4.69, 9.17) is 9.47 Å². The van der Waals surface area contributed by atoms with Gasteiger partial charge in [-0.2, -0.15) is 4.98 Å². The highest BCUT2D eigenvalue weighted by Crippen LogP contribution is 2.35. The van der Waals surface area contributed by atoms with Crippen molar-refractivity contribution in [1.82, 2.24) is 15.0 Å². The SMILES string of the molecule is CCOC(=O)c1[nH]cc2c1NC1=C(C2)C(=O)CCC1.c1ccc(Oc2nc3ccccc3[nH]2)cc1. The van der Waals surface area contributed by atoms with Gasteiger partial charge in [0.1, 0.15) is 11.4 Å². The van der Waals surface area contributed by atoms with Gasteiger partial charge in [-0.25, -0.2) is 4.79 Å². The minimum absolute atomic E-state index is 0.221. The lowest BCUT2D eigenvalue weighted by Crippen LogP contribution is -2.22. The molecule has 0 saturated carbocycles. The third-order valence-corrected chi connectivity index (χ3v) is 5.94. The lowest BCUT2D eigenvalue weighted by molar-refractivity contribution is -0.116. The smallest absolute Gasteiger partial charge is 0.356 e. The number of fused-ring (bicyclic) bond motifs is 2. The fraction of sp³-hybridized carbons (Fsp3) is 0.222. The van der Waals surface area contributed by atoms with E-state index in [-0.39, 0.29) is 11.8 Å². The minimum Gasteiger partial charge on any atom is -0.461 e. The maximum Gasteiger partial charge on any atom is 0.356 e. The standard InChI is InChI=1S/C14H16N2O3.C13H10N2O/c1-2-19-14(18)13-12-8(7-15-13)6-9-10(16-12)4-3-5-11(9)17;1-2-6-10(7-3-1)16-13-14-11-8-4-5-9-12(11)15-13/h7,15-16H,2-6H2,1H3;1-9H,(H,14,15). The molecule has 8 heteroatoms. The summed E-state index contributed by atoms with van der Waals surface area (Å²) in [6.07, 6.45) is 4.75. The Balaban J connectivity index is 0.000000147. The number of nitrogens with one attached hydrogen (secondary N) is 3. The maximum absolute atomic E-state index is 11.9. The number of rotatable bonds is 4. The Morgan fingerprint density at radius 3 is 2.66 bits per heavy atom. The van der Waals surface area contributed by atoms with Gasteiger partial charge in [-0.05, 0) is 49.6 Å². The first-order valence-electron chi connectivity index (χ1n) is 11.7. The van der Waals surface area contributed by atoms with Crippen molar-refractivity contribution < 1.29 is 19.1 Å². The van der Waals surface area contributed by atoms with Crippen LogP contribution in [0.5, 0.6) is 11.8 Å². The lowest BCUT2D eigenvalue weighted by atomic mass is 9.88. The van der Waals surface area contributed by atoms with E-state index in [2.05, 4.69) is 20.3 Å². The van der Waals surface area contributed by atoms with Crippen LogP contribution in [0.15, 0.2) is 72.1 Å². The highest BCUT2D eigenvalue weighted by Gasteiger charge is 2.29. The van der Waals surface area contributed by atoms with E-state index in [1.54, 1.807) is 13.1 Å². The Labute approximate surface area is 202 Å². The van der Waals surface area contributed by atoms with Crippen molar-refractivity contribution in [3.8, 4) is 11.8 Å². The van der Waals surface area contributed by atoms with Crippen LogP contribution >= 0.6 is 0 Å². The van der Waals surface area contributed by atoms with E-state index in [1.165, 1.54) is 0 Å². The van der Waals surface area contributed by atoms with Gasteiger partial charge in [-0.1, -0.05) is 30.3 Å². The van der Waals surface area contributed by atoms with Crippen molar-refractivity contribution in [3.63, 3.8) is 0 Å². The van der Waals surface area contributed by atoms with Crippen molar-refractivity contribution in [1.29, 1.82) is 0 Å². The van der Waals surface area contributed by atoms with Crippen LogP contribution in [0.2, 0.25) is 0 Å². The van der Waals surface area contributed by atoms with Crippen LogP contribution in [0.1, 0.15) is 42.2 Å². The van der Waals surface area contributed by atoms with Crippen LogP contribution in [0.25, 0.3) is 11.0 Å². The summed E-state index contributed by atoms with van der Waals surface area (Å²) in [5.74, 6) is 0.641. The fourth-order valence-corrected chi connectivity index (χ4v) is 4.27. The number of carbonyl (C=O) groups excluding carboxylic acids is 2. The van der Waals surface area contributed by atoms with Crippen molar-refractivity contribution in [3.05, 3.63) is 83.3 Å². The first-order chi connectivity index (χ1) is 17.1. The zero-order valence-corrected chi connectivity index (χ0v) is 19.4. The number of ketones is 1. The molecule has 1 aliphatic carbocycles. The number of carbonyl (C=O) groups is 2. The van der Waals surface area contributed by atoms with E-state index in [9.17, 15) is 9.59 Å². The topological polar surface area (TPSA) is 109 Å². The van der Waals surface area contributed by atoms with Gasteiger partial charge in [0.15, 0.2) is 5.78 Å². The number of Topliss-reactive ketones (excluding diaryl/α,β-unsaturated/α-hetero) is 1. The number of esters is 1. The lowest BCUT2D eigenvalue weighted by Gasteiger charge is -2.25. The molecule has 0 amide bonds. The summed E-state index contributed by atoms with van der Waals surface area (Å²) in [5.41, 5.74) is 5.90. The molecule has 2 aromatic carbocycles. The van der Waals surface area contributed by atoms with Crippen LogP contribution in [0, 0.1) is 0 Å². The largest absolute Gasteiger partial charge is 0.461 e. The van der Waals surface area contributed by atoms with Gasteiger partial charge >= 0.3 is 5.97 Å². The average Bonchev–Trinajstić information content (AvgIpc) is 3.47. The molecular weight excluding hydrogens is 444 g/mol. The van der Waals surface area contributed by atoms with Gasteiger partial charge in [0.25, 0.3) is 6.01 Å². The Morgan fingerprint density at radius 1 is 1.06 bits per heavy atom. The minimum atomic E-state index is -0.359. The maximum atomic E-state index is 11.9. The number of anilines is 1. The molecule has 0 radical (unpaired) electrons. The van der Waals surface area contributed by atoms with Gasteiger partial charge in [-0.3, -0.25) is 4.79 Å². The molecule has 3 heterocycles. The van der Waals surface area contributed by atoms with Gasteiger partial charge in [0.05, 0.1) is 23.3 Å². The zero-order chi connectivity index (χ0) is 24.2. The summed E-state index contributed by atoms with van der Waals surface area (Å²) < 4.78 is 10.6. The number of allylic oxidation sites excluding steroid dienone is 2. The molecular formula is C27H26N4O4. The molecule has 2 aliphatic rings. The van der Waals surface area contributed by atoms with E-state index in [0.717, 1.165) is 52.1 Å². The van der Waals surface area contributed by atoms with E-state index < -0.39 is 0 Å². The number of hydrogen-bond acceptors (Lipinski definition) is 6. The average molecular weight is 471 g/mol. The number of aromatic nitrogens is 3. The predicted octanol–water partition coefficient (Wildman–Crippen LogP) is 5.52. The Morgan fingerprint density at radius 2 is 1.86 bits per heavy atom. The Kier molecular flexibility index (Phi) is 6.34. The number of benzene rings is 2. The summed E-state index contributed by atoms with van der Waals surface area (Å²) >= 11 is 0. The normalized spacial score (nSPS) is 14.4. The molecule has 0 unspecified atom stereocenters. The highest BCUT2D eigenvalue weighted by atomic mass is 16.5. The molecule has 2 aromatic heterocycles. The van der Waals surface area contributed by atoms with Crippen molar-refractivity contribution in [2.45, 2.75) is 32.6 Å². The molecule has 8 nitrogen and oxygen atoms in total. The molecule has 6 rings (SSSR count). The number of imidazole rings is 1. The summed E-state index contributed by atoms with van der Waals surface area (Å²) in [5, 5.41) is 3.24. The summed E-state index contributed by atoms with van der Waals surface area (Å²) in [6, 6.07) is 18.0. The van der Waals surface area contributed by atoms with E-state index in [1.807, 2.05) is 54.6 Å². The monoisotopic (exact) mass is 470 g/mol. The van der Waals surface area contributed by atoms with Crippen LogP contribution in [-0.2, 0) is 16.0 Å². The second-order valence-corrected chi connectivity index (χ2v) is 8.29. The number of hydrogen-bond donors (Lipinski definition) is 3. The summed E-state index contributed by atoms with van der Waals surface area (Å²) in [4.78, 5) is 34.1. The Hall–Kier alpha value is -4.33. The van der Waals surface area contributed by atoms with Gasteiger partial charge in [0.2, 0.25) is 0 Å².